The van der Waals surface area contributed by atoms with E-state index in [1.54, 1.807) is 46.1 Å². The highest BCUT2D eigenvalue weighted by Gasteiger charge is 2.37. The first-order valence-electron chi connectivity index (χ1n) is 4.63. The average Bonchev–Trinajstić information content (AvgIpc) is 3.05. The molecule has 2 rings (SSSR count). The van der Waals surface area contributed by atoms with E-state index in [1.165, 1.54) is 8.47 Å². The third kappa shape index (κ3) is 2.77. The molecule has 0 radical (unpaired) electrons. The smallest absolute Gasteiger partial charge is 0.0685 e. The maximum atomic E-state index is 4.62. The Kier molecular flexibility index (Phi) is 6.15. The van der Waals surface area contributed by atoms with Crippen LogP contribution >= 0.6 is 95.8 Å². The summed E-state index contributed by atoms with van der Waals surface area (Å²) in [6.07, 6.45) is 0. The van der Waals surface area contributed by atoms with Crippen molar-refractivity contribution in [2.75, 3.05) is 0 Å². The van der Waals surface area contributed by atoms with Crippen LogP contribution < -0.4 is 0 Å². The average molecular weight is 387 g/mol. The van der Waals surface area contributed by atoms with Gasteiger partial charge in [-0.25, -0.2) is 0 Å². The third-order valence-corrected chi connectivity index (χ3v) is 12.9. The molecule has 0 aromatic carbocycles. The molecule has 2 aliphatic heterocycles. The number of rotatable bonds is 2. The Balaban J connectivity index is 2.59. The first-order valence-corrected chi connectivity index (χ1v) is 10.9. The highest BCUT2D eigenvalue weighted by Crippen LogP contribution is 2.79. The second-order valence-corrected chi connectivity index (χ2v) is 11.3. The Morgan fingerprint density at radius 2 is 1.50 bits per heavy atom. The van der Waals surface area contributed by atoms with Gasteiger partial charge in [0.05, 0.1) is 8.47 Å². The lowest BCUT2D eigenvalue weighted by Gasteiger charge is -2.36. The van der Waals surface area contributed by atoms with E-state index in [2.05, 4.69) is 72.1 Å². The van der Waals surface area contributed by atoms with Gasteiger partial charge in [-0.2, -0.15) is 0 Å². The highest BCUT2D eigenvalue weighted by molar-refractivity contribution is 8.60. The summed E-state index contributed by atoms with van der Waals surface area (Å²) in [6, 6.07) is 0. The molecule has 0 saturated heterocycles. The van der Waals surface area contributed by atoms with Crippen LogP contribution in [0.5, 0.6) is 0 Å². The first-order chi connectivity index (χ1) is 8.66. The van der Waals surface area contributed by atoms with Gasteiger partial charge in [0.1, 0.15) is 0 Å². The number of thiol groups is 4. The standard InChI is InChI=1S/C10H10S8/c11-5-7(13)18(8(14)6-12)4-3-17-10(18)9-15-1-2-16-9/h1-6,11-14H/b7-5+,8-6+. The summed E-state index contributed by atoms with van der Waals surface area (Å²) >= 11 is 23.0. The van der Waals surface area contributed by atoms with Crippen molar-refractivity contribution >= 4 is 95.8 Å². The van der Waals surface area contributed by atoms with Crippen LogP contribution in [0.15, 0.2) is 49.4 Å². The summed E-state index contributed by atoms with van der Waals surface area (Å²) in [5.41, 5.74) is 0. The van der Waals surface area contributed by atoms with Gasteiger partial charge in [-0.15, -0.1) is 60.5 Å². The van der Waals surface area contributed by atoms with Gasteiger partial charge >= 0.3 is 0 Å². The summed E-state index contributed by atoms with van der Waals surface area (Å²) in [7, 11) is -1.46. The van der Waals surface area contributed by atoms with Gasteiger partial charge in [0, 0.05) is 8.47 Å². The van der Waals surface area contributed by atoms with Crippen LogP contribution in [0.2, 0.25) is 0 Å². The minimum absolute atomic E-state index is 0.929. The largest absolute Gasteiger partial charge is 0.150 e. The van der Waals surface area contributed by atoms with E-state index in [-0.39, 0.29) is 0 Å². The molecule has 2 aliphatic rings. The molecule has 0 spiro atoms. The van der Waals surface area contributed by atoms with Gasteiger partial charge in [0.25, 0.3) is 0 Å². The minimum Gasteiger partial charge on any atom is -0.150 e. The Labute approximate surface area is 144 Å². The molecule has 0 saturated carbocycles. The van der Waals surface area contributed by atoms with Crippen LogP contribution in [0.3, 0.4) is 0 Å². The van der Waals surface area contributed by atoms with Gasteiger partial charge < -0.3 is 0 Å². The second-order valence-electron chi connectivity index (χ2n) is 3.07. The molecular formula is C10H10S8. The summed E-state index contributed by atoms with van der Waals surface area (Å²) in [6.45, 7) is 0. The zero-order chi connectivity index (χ0) is 13.2. The second kappa shape index (κ2) is 6.98. The molecule has 0 atom stereocenters. The Hall–Kier alpha value is 1.50. The molecule has 18 heavy (non-hydrogen) atoms. The van der Waals surface area contributed by atoms with Gasteiger partial charge in [0.15, 0.2) is 0 Å². The molecule has 0 bridgehead atoms. The Morgan fingerprint density at radius 1 is 0.944 bits per heavy atom. The van der Waals surface area contributed by atoms with Crippen molar-refractivity contribution < 1.29 is 0 Å². The lowest BCUT2D eigenvalue weighted by Crippen LogP contribution is -1.96. The third-order valence-electron chi connectivity index (χ3n) is 2.18. The molecule has 0 amide bonds. The van der Waals surface area contributed by atoms with Crippen LogP contribution in [0, 0.1) is 0 Å². The lowest BCUT2D eigenvalue weighted by molar-refractivity contribution is 2.19. The fourth-order valence-electron chi connectivity index (χ4n) is 1.40. The van der Waals surface area contributed by atoms with E-state index in [9.17, 15) is 0 Å². The fourth-order valence-corrected chi connectivity index (χ4v) is 11.8. The van der Waals surface area contributed by atoms with E-state index < -0.39 is 10.0 Å². The van der Waals surface area contributed by atoms with Crippen molar-refractivity contribution in [1.82, 2.24) is 0 Å². The van der Waals surface area contributed by atoms with Gasteiger partial charge in [-0.3, -0.25) is 0 Å². The van der Waals surface area contributed by atoms with Crippen molar-refractivity contribution in [2.45, 2.75) is 0 Å². The summed E-state index contributed by atoms with van der Waals surface area (Å²) < 4.78 is 4.45. The summed E-state index contributed by atoms with van der Waals surface area (Å²) in [5, 5.41) is 12.0. The van der Waals surface area contributed by atoms with E-state index >= 15 is 0 Å². The molecule has 0 N–H and O–H groups in total. The number of thioether (sulfide) groups is 3. The van der Waals surface area contributed by atoms with Crippen molar-refractivity contribution in [1.29, 1.82) is 0 Å². The molecular weight excluding hydrogens is 377 g/mol. The number of hydrogen-bond donors (Lipinski definition) is 4. The SMILES string of the molecule is S/C=C(\S)S1(/C(S)=C/S)C=CSC1=C1SC=CS1. The van der Waals surface area contributed by atoms with E-state index in [4.69, 9.17) is 0 Å². The van der Waals surface area contributed by atoms with Gasteiger partial charge in [0.2, 0.25) is 0 Å². The predicted octanol–water partition coefficient (Wildman–Crippen LogP) is 6.40. The molecule has 98 valence electrons. The van der Waals surface area contributed by atoms with Crippen molar-refractivity contribution in [3.63, 3.8) is 0 Å². The fraction of sp³-hybridized carbons (Fsp3) is 0. The Bertz CT molecular complexity index is 468. The molecule has 0 unspecified atom stereocenters. The van der Waals surface area contributed by atoms with E-state index in [1.807, 2.05) is 0 Å². The molecule has 2 heterocycles. The van der Waals surface area contributed by atoms with Crippen LogP contribution in [-0.4, -0.2) is 0 Å². The highest BCUT2D eigenvalue weighted by atomic mass is 32.3. The molecule has 0 aromatic rings. The molecule has 0 nitrogen and oxygen atoms in total. The van der Waals surface area contributed by atoms with Crippen molar-refractivity contribution in [3.05, 3.63) is 49.4 Å². The zero-order valence-corrected chi connectivity index (χ0v) is 15.7. The van der Waals surface area contributed by atoms with Crippen LogP contribution in [0.4, 0.5) is 0 Å². The van der Waals surface area contributed by atoms with Crippen LogP contribution in [0.25, 0.3) is 0 Å². The van der Waals surface area contributed by atoms with E-state index in [0.29, 0.717) is 0 Å². The summed E-state index contributed by atoms with van der Waals surface area (Å²) in [5.74, 6) is 0. The van der Waals surface area contributed by atoms with E-state index in [0.717, 1.165) is 8.47 Å². The topological polar surface area (TPSA) is 0 Å². The van der Waals surface area contributed by atoms with Gasteiger partial charge in [-0.1, -0.05) is 35.3 Å². The molecule has 0 aromatic heterocycles. The van der Waals surface area contributed by atoms with Crippen molar-refractivity contribution in [2.24, 2.45) is 0 Å². The van der Waals surface area contributed by atoms with Gasteiger partial charge in [-0.05, 0) is 32.4 Å². The first kappa shape index (κ1) is 15.9. The summed E-state index contributed by atoms with van der Waals surface area (Å²) in [4.78, 5) is 0. The molecule has 0 aliphatic carbocycles. The normalized spacial score (nSPS) is 32.2. The maximum Gasteiger partial charge on any atom is 0.0685 e. The number of hydrogen-bond acceptors (Lipinski definition) is 7. The van der Waals surface area contributed by atoms with Crippen LogP contribution in [0.1, 0.15) is 0 Å². The van der Waals surface area contributed by atoms with Crippen LogP contribution in [-0.2, 0) is 0 Å². The lowest BCUT2D eigenvalue weighted by atomic mass is 11.2. The maximum absolute atomic E-state index is 4.62. The zero-order valence-electron chi connectivity index (χ0n) is 8.89. The molecule has 0 fully saturated rings. The van der Waals surface area contributed by atoms with Crippen molar-refractivity contribution in [3.8, 4) is 0 Å². The molecule has 8 heteroatoms. The minimum atomic E-state index is -1.46. The Morgan fingerprint density at radius 3 is 2.00 bits per heavy atom. The quantitative estimate of drug-likeness (QED) is 0.405. The predicted molar refractivity (Wildman–Crippen MR) is 108 cm³/mol. The monoisotopic (exact) mass is 386 g/mol.